The Bertz CT molecular complexity index is 342. The average Bonchev–Trinajstić information content (AvgIpc) is 2.73. The molecule has 0 aromatic carbocycles. The molecule has 0 aliphatic heterocycles. The van der Waals surface area contributed by atoms with Crippen molar-refractivity contribution in [2.45, 2.75) is 51.5 Å². The third-order valence-electron chi connectivity index (χ3n) is 3.25. The van der Waals surface area contributed by atoms with Crippen molar-refractivity contribution in [3.8, 4) is 0 Å². The van der Waals surface area contributed by atoms with Crippen LogP contribution in [0.25, 0.3) is 0 Å². The summed E-state index contributed by atoms with van der Waals surface area (Å²) in [4.78, 5) is 4.31. The minimum absolute atomic E-state index is 0.232. The summed E-state index contributed by atoms with van der Waals surface area (Å²) < 4.78 is 0. The van der Waals surface area contributed by atoms with E-state index in [9.17, 15) is 0 Å². The van der Waals surface area contributed by atoms with Gasteiger partial charge in [0.05, 0.1) is 6.04 Å². The predicted octanol–water partition coefficient (Wildman–Crippen LogP) is 2.74. The molecule has 0 fully saturated rings. The van der Waals surface area contributed by atoms with E-state index < -0.39 is 0 Å². The van der Waals surface area contributed by atoms with E-state index in [1.807, 2.05) is 0 Å². The van der Waals surface area contributed by atoms with Gasteiger partial charge in [0.2, 0.25) is 0 Å². The van der Waals surface area contributed by atoms with Crippen LogP contribution in [0.15, 0.2) is 18.0 Å². The second-order valence-corrected chi connectivity index (χ2v) is 4.64. The van der Waals surface area contributed by atoms with E-state index in [4.69, 9.17) is 0 Å². The highest BCUT2D eigenvalue weighted by Crippen LogP contribution is 2.27. The molecule has 1 aromatic heterocycles. The molecule has 2 N–H and O–H groups in total. The molecule has 4 heteroatoms. The third kappa shape index (κ3) is 3.40. The molecule has 94 valence electrons. The molecule has 1 aliphatic rings. The molecule has 0 radical (unpaired) electrons. The van der Waals surface area contributed by atoms with Crippen LogP contribution in [0.1, 0.15) is 57.3 Å². The second kappa shape index (κ2) is 6.55. The fourth-order valence-corrected chi connectivity index (χ4v) is 2.35. The van der Waals surface area contributed by atoms with Crippen LogP contribution in [0.3, 0.4) is 0 Å². The normalized spacial score (nSPS) is 18.5. The number of nitrogens with one attached hydrogen (secondary N) is 2. The van der Waals surface area contributed by atoms with E-state index >= 15 is 0 Å². The van der Waals surface area contributed by atoms with Gasteiger partial charge in [-0.05, 0) is 44.2 Å². The molecule has 2 rings (SSSR count). The molecule has 1 unspecified atom stereocenters. The Morgan fingerprint density at radius 2 is 2.35 bits per heavy atom. The van der Waals surface area contributed by atoms with Crippen LogP contribution in [-0.4, -0.2) is 21.7 Å². The summed E-state index contributed by atoms with van der Waals surface area (Å²) in [6, 6.07) is 0.232. The van der Waals surface area contributed by atoms with Crippen LogP contribution in [-0.2, 0) is 0 Å². The lowest BCUT2D eigenvalue weighted by molar-refractivity contribution is 0.545. The lowest BCUT2D eigenvalue weighted by Crippen LogP contribution is -2.25. The number of allylic oxidation sites excluding steroid dienone is 1. The molecular weight excluding hydrogens is 212 g/mol. The highest BCUT2D eigenvalue weighted by Gasteiger charge is 2.19. The first-order valence-electron chi connectivity index (χ1n) is 6.69. The molecule has 4 nitrogen and oxygen atoms in total. The summed E-state index contributed by atoms with van der Waals surface area (Å²) >= 11 is 0. The van der Waals surface area contributed by atoms with Crippen LogP contribution in [0.5, 0.6) is 0 Å². The van der Waals surface area contributed by atoms with Crippen molar-refractivity contribution in [3.05, 3.63) is 23.8 Å². The van der Waals surface area contributed by atoms with Gasteiger partial charge in [-0.1, -0.05) is 19.4 Å². The molecule has 0 spiro atoms. The van der Waals surface area contributed by atoms with Gasteiger partial charge in [0.15, 0.2) is 0 Å². The van der Waals surface area contributed by atoms with Gasteiger partial charge in [-0.15, -0.1) is 0 Å². The maximum atomic E-state index is 4.31. The third-order valence-corrected chi connectivity index (χ3v) is 3.25. The Labute approximate surface area is 103 Å². The summed E-state index contributed by atoms with van der Waals surface area (Å²) in [6.45, 7) is 3.20. The Hall–Kier alpha value is -1.16. The van der Waals surface area contributed by atoms with Crippen LogP contribution in [0.2, 0.25) is 0 Å². The summed E-state index contributed by atoms with van der Waals surface area (Å²) in [5, 5.41) is 10.5. The average molecular weight is 234 g/mol. The molecule has 17 heavy (non-hydrogen) atoms. The van der Waals surface area contributed by atoms with Gasteiger partial charge in [0.25, 0.3) is 0 Å². The van der Waals surface area contributed by atoms with E-state index in [1.165, 1.54) is 37.7 Å². The quantitative estimate of drug-likeness (QED) is 0.770. The number of rotatable bonds is 5. The number of H-pyrrole nitrogens is 1. The summed E-state index contributed by atoms with van der Waals surface area (Å²) in [5.41, 5.74) is 1.48. The van der Waals surface area contributed by atoms with Crippen molar-refractivity contribution in [2.75, 3.05) is 6.54 Å². The second-order valence-electron chi connectivity index (χ2n) is 4.64. The van der Waals surface area contributed by atoms with E-state index in [-0.39, 0.29) is 6.04 Å². The largest absolute Gasteiger partial charge is 0.304 e. The van der Waals surface area contributed by atoms with Crippen molar-refractivity contribution < 1.29 is 0 Å². The molecule has 0 saturated carbocycles. The Balaban J connectivity index is 2.11. The number of hydrogen-bond donors (Lipinski definition) is 2. The predicted molar refractivity (Wildman–Crippen MR) is 68.6 cm³/mol. The number of aromatic nitrogens is 3. The van der Waals surface area contributed by atoms with Crippen molar-refractivity contribution in [3.63, 3.8) is 0 Å². The Morgan fingerprint density at radius 3 is 3.12 bits per heavy atom. The van der Waals surface area contributed by atoms with E-state index in [1.54, 1.807) is 6.33 Å². The van der Waals surface area contributed by atoms with Gasteiger partial charge in [0.1, 0.15) is 12.2 Å². The fourth-order valence-electron chi connectivity index (χ4n) is 2.35. The molecule has 0 saturated heterocycles. The van der Waals surface area contributed by atoms with Gasteiger partial charge >= 0.3 is 0 Å². The summed E-state index contributed by atoms with van der Waals surface area (Å²) in [5.74, 6) is 0.951. The van der Waals surface area contributed by atoms with Gasteiger partial charge < -0.3 is 5.32 Å². The van der Waals surface area contributed by atoms with E-state index in [0.717, 1.165) is 18.8 Å². The molecule has 0 amide bonds. The summed E-state index contributed by atoms with van der Waals surface area (Å²) in [6.07, 6.45) is 11.5. The number of hydrogen-bond acceptors (Lipinski definition) is 3. The monoisotopic (exact) mass is 234 g/mol. The standard InChI is InChI=1S/C13H22N4/c1-2-9-14-12(13-15-10-16-17-13)11-7-5-3-4-6-8-11/h7,10,12,14H,2-6,8-9H2,1H3,(H,15,16,17). The first-order chi connectivity index (χ1) is 8.42. The highest BCUT2D eigenvalue weighted by atomic mass is 15.2. The summed E-state index contributed by atoms with van der Waals surface area (Å²) in [7, 11) is 0. The molecular formula is C13H22N4. The zero-order valence-electron chi connectivity index (χ0n) is 10.6. The number of aromatic amines is 1. The SMILES string of the molecule is CCCNC(C1=CCCCCC1)c1ncn[nH]1. The van der Waals surface area contributed by atoms with Crippen LogP contribution in [0.4, 0.5) is 0 Å². The highest BCUT2D eigenvalue weighted by molar-refractivity contribution is 5.18. The van der Waals surface area contributed by atoms with Crippen LogP contribution in [0, 0.1) is 0 Å². The maximum Gasteiger partial charge on any atom is 0.145 e. The Morgan fingerprint density at radius 1 is 1.41 bits per heavy atom. The van der Waals surface area contributed by atoms with Crippen molar-refractivity contribution in [1.29, 1.82) is 0 Å². The molecule has 1 heterocycles. The first-order valence-corrected chi connectivity index (χ1v) is 6.69. The zero-order chi connectivity index (χ0) is 11.9. The van der Waals surface area contributed by atoms with Crippen LogP contribution >= 0.6 is 0 Å². The minimum atomic E-state index is 0.232. The first kappa shape index (κ1) is 12.3. The van der Waals surface area contributed by atoms with E-state index in [0.29, 0.717) is 0 Å². The van der Waals surface area contributed by atoms with Gasteiger partial charge in [-0.2, -0.15) is 5.10 Å². The topological polar surface area (TPSA) is 53.6 Å². The zero-order valence-corrected chi connectivity index (χ0v) is 10.6. The van der Waals surface area contributed by atoms with E-state index in [2.05, 4.69) is 33.5 Å². The fraction of sp³-hybridized carbons (Fsp3) is 0.692. The smallest absolute Gasteiger partial charge is 0.145 e. The lowest BCUT2D eigenvalue weighted by Gasteiger charge is -2.19. The van der Waals surface area contributed by atoms with Crippen LogP contribution < -0.4 is 5.32 Å². The van der Waals surface area contributed by atoms with Crippen molar-refractivity contribution >= 4 is 0 Å². The molecule has 1 aliphatic carbocycles. The maximum absolute atomic E-state index is 4.31. The molecule has 0 bridgehead atoms. The van der Waals surface area contributed by atoms with Gasteiger partial charge in [-0.25, -0.2) is 4.98 Å². The van der Waals surface area contributed by atoms with Gasteiger partial charge in [-0.3, -0.25) is 5.10 Å². The van der Waals surface area contributed by atoms with Crippen molar-refractivity contribution in [2.24, 2.45) is 0 Å². The number of nitrogens with zero attached hydrogens (tertiary/aromatic N) is 2. The molecule has 1 atom stereocenters. The lowest BCUT2D eigenvalue weighted by atomic mass is 10.0. The Kier molecular flexibility index (Phi) is 4.74. The van der Waals surface area contributed by atoms with Gasteiger partial charge in [0, 0.05) is 0 Å². The molecule has 1 aromatic rings. The minimum Gasteiger partial charge on any atom is -0.304 e. The van der Waals surface area contributed by atoms with Crippen molar-refractivity contribution in [1.82, 2.24) is 20.5 Å².